The van der Waals surface area contributed by atoms with Crippen molar-refractivity contribution in [3.63, 3.8) is 0 Å². The second-order valence-electron chi connectivity index (χ2n) is 6.99. The van der Waals surface area contributed by atoms with Gasteiger partial charge in [-0.1, -0.05) is 23.7 Å². The first-order valence-electron chi connectivity index (χ1n) is 8.94. The largest absolute Gasteiger partial charge is 0.361 e. The van der Waals surface area contributed by atoms with Crippen LogP contribution < -0.4 is 4.72 Å². The van der Waals surface area contributed by atoms with Gasteiger partial charge in [0.25, 0.3) is 5.91 Å². The van der Waals surface area contributed by atoms with Crippen molar-refractivity contribution in [2.45, 2.75) is 45.1 Å². The molecule has 3 rings (SSSR count). The fourth-order valence-electron chi connectivity index (χ4n) is 3.43. The summed E-state index contributed by atoms with van der Waals surface area (Å²) >= 11 is 6.12. The summed E-state index contributed by atoms with van der Waals surface area (Å²) in [4.78, 5) is 17.7. The molecule has 0 bridgehead atoms. The maximum atomic E-state index is 13.0. The molecular weight excluding hydrogens is 386 g/mol. The van der Waals surface area contributed by atoms with Gasteiger partial charge in [0.2, 0.25) is 10.0 Å². The lowest BCUT2D eigenvalue weighted by atomic mass is 10.1. The lowest BCUT2D eigenvalue weighted by Gasteiger charge is -2.17. The number of rotatable bonds is 5. The first-order valence-corrected chi connectivity index (χ1v) is 10.8. The van der Waals surface area contributed by atoms with Crippen molar-refractivity contribution in [3.8, 4) is 0 Å². The summed E-state index contributed by atoms with van der Waals surface area (Å²) in [6.07, 6.45) is 1.89. The molecule has 1 aliphatic rings. The third-order valence-corrected chi connectivity index (χ3v) is 6.88. The number of benzene rings is 1. The van der Waals surface area contributed by atoms with Crippen LogP contribution in [-0.2, 0) is 16.6 Å². The van der Waals surface area contributed by atoms with Crippen LogP contribution in [0.15, 0.2) is 23.1 Å². The number of aryl methyl sites for hydroxylation is 3. The third-order valence-electron chi connectivity index (χ3n) is 4.90. The summed E-state index contributed by atoms with van der Waals surface area (Å²) in [5.74, 6) is -0.229. The number of aromatic amines is 1. The molecule has 8 heteroatoms. The fraction of sp³-hybridized carbons (Fsp3) is 0.421. The topological polar surface area (TPSA) is 82.3 Å². The van der Waals surface area contributed by atoms with Gasteiger partial charge < -0.3 is 9.88 Å². The van der Waals surface area contributed by atoms with E-state index < -0.39 is 10.0 Å². The Hall–Kier alpha value is -1.83. The van der Waals surface area contributed by atoms with E-state index in [4.69, 9.17) is 11.6 Å². The predicted molar refractivity (Wildman–Crippen MR) is 106 cm³/mol. The molecule has 146 valence electrons. The summed E-state index contributed by atoms with van der Waals surface area (Å²) in [5.41, 5.74) is 2.96. The zero-order chi connectivity index (χ0) is 19.8. The van der Waals surface area contributed by atoms with E-state index in [9.17, 15) is 13.2 Å². The Morgan fingerprint density at radius 2 is 1.85 bits per heavy atom. The van der Waals surface area contributed by atoms with Crippen LogP contribution in [0, 0.1) is 20.8 Å². The van der Waals surface area contributed by atoms with E-state index in [0.29, 0.717) is 29.5 Å². The highest BCUT2D eigenvalue weighted by Gasteiger charge is 2.32. The van der Waals surface area contributed by atoms with E-state index in [1.807, 2.05) is 19.1 Å². The average molecular weight is 410 g/mol. The van der Waals surface area contributed by atoms with E-state index in [2.05, 4.69) is 9.71 Å². The quantitative estimate of drug-likeness (QED) is 0.794. The Morgan fingerprint density at radius 3 is 2.48 bits per heavy atom. The van der Waals surface area contributed by atoms with Crippen LogP contribution in [0.3, 0.4) is 0 Å². The van der Waals surface area contributed by atoms with Crippen molar-refractivity contribution >= 4 is 27.5 Å². The van der Waals surface area contributed by atoms with Crippen LogP contribution in [0.25, 0.3) is 0 Å². The smallest absolute Gasteiger partial charge is 0.257 e. The molecule has 6 nitrogen and oxygen atoms in total. The first kappa shape index (κ1) is 19.9. The number of amides is 1. The molecule has 0 aliphatic carbocycles. The van der Waals surface area contributed by atoms with Crippen LogP contribution in [0.5, 0.6) is 0 Å². The van der Waals surface area contributed by atoms with Gasteiger partial charge in [-0.25, -0.2) is 13.1 Å². The van der Waals surface area contributed by atoms with Crippen LogP contribution in [0.1, 0.15) is 45.7 Å². The van der Waals surface area contributed by atoms with E-state index in [1.54, 1.807) is 24.8 Å². The number of likely N-dealkylation sites (tertiary alicyclic amines) is 1. The molecule has 1 aromatic heterocycles. The maximum absolute atomic E-state index is 13.0. The van der Waals surface area contributed by atoms with Crippen LogP contribution in [0.2, 0.25) is 5.02 Å². The molecule has 1 fully saturated rings. The van der Waals surface area contributed by atoms with Crippen molar-refractivity contribution in [2.75, 3.05) is 13.1 Å². The number of nitrogens with one attached hydrogen (secondary N) is 2. The summed E-state index contributed by atoms with van der Waals surface area (Å²) in [7, 11) is -3.87. The third kappa shape index (κ3) is 4.05. The standard InChI is InChI=1S/C19H24ClN3O3S/c1-12-6-7-15(10-16(12)20)11-21-27(25,26)18-14(3)22-13(2)17(18)19(24)23-8-4-5-9-23/h6-7,10,21-22H,4-5,8-9,11H2,1-3H3. The first-order chi connectivity index (χ1) is 12.7. The number of aromatic nitrogens is 1. The Bertz CT molecular complexity index is 976. The summed E-state index contributed by atoms with van der Waals surface area (Å²) in [6, 6.07) is 5.42. The highest BCUT2D eigenvalue weighted by Crippen LogP contribution is 2.27. The zero-order valence-corrected chi connectivity index (χ0v) is 17.3. The molecule has 0 radical (unpaired) electrons. The van der Waals surface area contributed by atoms with Gasteiger partial charge in [-0.15, -0.1) is 0 Å². The molecule has 0 saturated carbocycles. The molecule has 2 heterocycles. The number of hydrogen-bond acceptors (Lipinski definition) is 3. The normalized spacial score (nSPS) is 14.7. The number of nitrogens with zero attached hydrogens (tertiary/aromatic N) is 1. The van der Waals surface area contributed by atoms with Gasteiger partial charge in [0.1, 0.15) is 4.90 Å². The molecule has 0 atom stereocenters. The predicted octanol–water partition coefficient (Wildman–Crippen LogP) is 3.31. The van der Waals surface area contributed by atoms with E-state index >= 15 is 0 Å². The van der Waals surface area contributed by atoms with Gasteiger partial charge in [0.05, 0.1) is 5.56 Å². The van der Waals surface area contributed by atoms with E-state index in [-0.39, 0.29) is 22.9 Å². The molecule has 2 N–H and O–H groups in total. The molecule has 27 heavy (non-hydrogen) atoms. The number of sulfonamides is 1. The minimum atomic E-state index is -3.87. The molecule has 1 aliphatic heterocycles. The molecular formula is C19H24ClN3O3S. The molecule has 0 unspecified atom stereocenters. The molecule has 1 aromatic carbocycles. The van der Waals surface area contributed by atoms with Gasteiger partial charge in [-0.3, -0.25) is 4.79 Å². The van der Waals surface area contributed by atoms with Crippen LogP contribution in [0.4, 0.5) is 0 Å². The van der Waals surface area contributed by atoms with Crippen LogP contribution in [-0.4, -0.2) is 37.3 Å². The molecule has 2 aromatic rings. The number of halogens is 1. The number of hydrogen-bond donors (Lipinski definition) is 2. The number of carbonyl (C=O) groups excluding carboxylic acids is 1. The average Bonchev–Trinajstić information content (AvgIpc) is 3.23. The minimum absolute atomic E-state index is 0.0371. The van der Waals surface area contributed by atoms with Gasteiger partial charge in [-0.2, -0.15) is 0 Å². The van der Waals surface area contributed by atoms with Gasteiger partial charge >= 0.3 is 0 Å². The summed E-state index contributed by atoms with van der Waals surface area (Å²) in [5, 5.41) is 0.588. The Labute approximate surface area is 165 Å². The number of carbonyl (C=O) groups is 1. The molecule has 1 amide bonds. The van der Waals surface area contributed by atoms with E-state index in [1.165, 1.54) is 0 Å². The van der Waals surface area contributed by atoms with Crippen molar-refractivity contribution in [3.05, 3.63) is 51.3 Å². The molecule has 0 spiro atoms. The Morgan fingerprint density at radius 1 is 1.19 bits per heavy atom. The number of H-pyrrole nitrogens is 1. The fourth-order valence-corrected chi connectivity index (χ4v) is 5.09. The maximum Gasteiger partial charge on any atom is 0.257 e. The van der Waals surface area contributed by atoms with Crippen molar-refractivity contribution in [2.24, 2.45) is 0 Å². The van der Waals surface area contributed by atoms with Gasteiger partial charge in [-0.05, 0) is 50.8 Å². The summed E-state index contributed by atoms with van der Waals surface area (Å²) in [6.45, 7) is 6.72. The lowest BCUT2D eigenvalue weighted by Crippen LogP contribution is -2.31. The van der Waals surface area contributed by atoms with Gasteiger partial charge in [0.15, 0.2) is 0 Å². The SMILES string of the molecule is Cc1ccc(CNS(=O)(=O)c2c(C)[nH]c(C)c2C(=O)N2CCCC2)cc1Cl. The Balaban J connectivity index is 1.89. The van der Waals surface area contributed by atoms with Crippen molar-refractivity contribution in [1.29, 1.82) is 0 Å². The highest BCUT2D eigenvalue weighted by atomic mass is 35.5. The van der Waals surface area contributed by atoms with Gasteiger partial charge in [0, 0.05) is 36.0 Å². The minimum Gasteiger partial charge on any atom is -0.361 e. The Kier molecular flexibility index (Phi) is 5.65. The highest BCUT2D eigenvalue weighted by molar-refractivity contribution is 7.89. The zero-order valence-electron chi connectivity index (χ0n) is 15.7. The van der Waals surface area contributed by atoms with Crippen molar-refractivity contribution < 1.29 is 13.2 Å². The monoisotopic (exact) mass is 409 g/mol. The second-order valence-corrected chi connectivity index (χ2v) is 9.10. The van der Waals surface area contributed by atoms with E-state index in [0.717, 1.165) is 24.0 Å². The summed E-state index contributed by atoms with van der Waals surface area (Å²) < 4.78 is 28.6. The lowest BCUT2D eigenvalue weighted by molar-refractivity contribution is 0.0788. The van der Waals surface area contributed by atoms with Crippen molar-refractivity contribution in [1.82, 2.24) is 14.6 Å². The second kappa shape index (κ2) is 7.66. The molecule has 1 saturated heterocycles. The van der Waals surface area contributed by atoms with Crippen LogP contribution >= 0.6 is 11.6 Å².